The molecule has 0 saturated carbocycles. The summed E-state index contributed by atoms with van der Waals surface area (Å²) in [6.07, 6.45) is 4.30. The maximum absolute atomic E-state index is 11.6. The van der Waals surface area contributed by atoms with E-state index in [-0.39, 0.29) is 5.92 Å². The molecule has 1 unspecified atom stereocenters. The lowest BCUT2D eigenvalue weighted by Gasteiger charge is -2.29. The molecule has 2 heterocycles. The SMILES string of the molecule is Cc1cnccc1N1CCC(C(=O)O)(C(C)C)C1. The molecule has 4 nitrogen and oxygen atoms in total. The van der Waals surface area contributed by atoms with Gasteiger partial charge in [-0.2, -0.15) is 0 Å². The molecule has 0 bridgehead atoms. The molecule has 1 aliphatic rings. The fourth-order valence-corrected chi connectivity index (χ4v) is 2.75. The third-order valence-electron chi connectivity index (χ3n) is 4.16. The van der Waals surface area contributed by atoms with Gasteiger partial charge in [0.1, 0.15) is 0 Å². The normalized spacial score (nSPS) is 23.7. The van der Waals surface area contributed by atoms with Crippen LogP contribution in [0.2, 0.25) is 0 Å². The molecule has 4 heteroatoms. The Morgan fingerprint density at radius 3 is 2.78 bits per heavy atom. The molecule has 1 aliphatic heterocycles. The van der Waals surface area contributed by atoms with Crippen molar-refractivity contribution in [1.82, 2.24) is 4.98 Å². The first-order valence-corrected chi connectivity index (χ1v) is 6.36. The molecule has 0 radical (unpaired) electrons. The fourth-order valence-electron chi connectivity index (χ4n) is 2.75. The van der Waals surface area contributed by atoms with Gasteiger partial charge in [0, 0.05) is 31.2 Å². The van der Waals surface area contributed by atoms with E-state index in [1.54, 1.807) is 6.20 Å². The van der Waals surface area contributed by atoms with Crippen LogP contribution in [0.25, 0.3) is 0 Å². The zero-order chi connectivity index (χ0) is 13.3. The van der Waals surface area contributed by atoms with Crippen molar-refractivity contribution in [3.63, 3.8) is 0 Å². The minimum atomic E-state index is -0.674. The Kier molecular flexibility index (Phi) is 3.28. The molecule has 1 saturated heterocycles. The summed E-state index contributed by atoms with van der Waals surface area (Å²) in [4.78, 5) is 17.8. The molecule has 1 aromatic rings. The van der Waals surface area contributed by atoms with Gasteiger partial charge in [-0.3, -0.25) is 9.78 Å². The largest absolute Gasteiger partial charge is 0.481 e. The van der Waals surface area contributed by atoms with Gasteiger partial charge in [0.15, 0.2) is 0 Å². The number of carbonyl (C=O) groups is 1. The zero-order valence-electron chi connectivity index (χ0n) is 11.2. The number of aliphatic carboxylic acids is 1. The van der Waals surface area contributed by atoms with Crippen molar-refractivity contribution in [2.75, 3.05) is 18.0 Å². The highest BCUT2D eigenvalue weighted by molar-refractivity contribution is 5.77. The Labute approximate surface area is 108 Å². The summed E-state index contributed by atoms with van der Waals surface area (Å²) >= 11 is 0. The van der Waals surface area contributed by atoms with Crippen molar-refractivity contribution in [2.24, 2.45) is 11.3 Å². The molecule has 98 valence electrons. The van der Waals surface area contributed by atoms with Crippen molar-refractivity contribution in [3.8, 4) is 0 Å². The zero-order valence-corrected chi connectivity index (χ0v) is 11.2. The third kappa shape index (κ3) is 1.96. The number of nitrogens with zero attached hydrogens (tertiary/aromatic N) is 2. The van der Waals surface area contributed by atoms with Crippen LogP contribution in [0.15, 0.2) is 18.5 Å². The quantitative estimate of drug-likeness (QED) is 0.892. The van der Waals surface area contributed by atoms with Gasteiger partial charge in [-0.15, -0.1) is 0 Å². The summed E-state index contributed by atoms with van der Waals surface area (Å²) < 4.78 is 0. The van der Waals surface area contributed by atoms with Gasteiger partial charge in [0.05, 0.1) is 5.41 Å². The third-order valence-corrected chi connectivity index (χ3v) is 4.16. The van der Waals surface area contributed by atoms with Crippen LogP contribution in [-0.2, 0) is 4.79 Å². The van der Waals surface area contributed by atoms with Crippen LogP contribution in [0, 0.1) is 18.3 Å². The van der Waals surface area contributed by atoms with E-state index < -0.39 is 11.4 Å². The number of anilines is 1. The van der Waals surface area contributed by atoms with Crippen LogP contribution in [0.4, 0.5) is 5.69 Å². The Morgan fingerprint density at radius 2 is 2.28 bits per heavy atom. The molecule has 1 aromatic heterocycles. The van der Waals surface area contributed by atoms with Crippen LogP contribution in [-0.4, -0.2) is 29.1 Å². The summed E-state index contributed by atoms with van der Waals surface area (Å²) in [6.45, 7) is 7.40. The van der Waals surface area contributed by atoms with E-state index in [0.717, 1.165) is 17.8 Å². The predicted molar refractivity (Wildman–Crippen MR) is 70.7 cm³/mol. The van der Waals surface area contributed by atoms with Crippen LogP contribution in [0.5, 0.6) is 0 Å². The van der Waals surface area contributed by atoms with E-state index in [9.17, 15) is 9.90 Å². The molecular weight excluding hydrogens is 228 g/mol. The second-order valence-electron chi connectivity index (χ2n) is 5.45. The van der Waals surface area contributed by atoms with E-state index >= 15 is 0 Å². The topological polar surface area (TPSA) is 53.4 Å². The van der Waals surface area contributed by atoms with Crippen LogP contribution >= 0.6 is 0 Å². The maximum Gasteiger partial charge on any atom is 0.311 e. The number of hydrogen-bond donors (Lipinski definition) is 1. The number of aryl methyl sites for hydroxylation is 1. The number of carboxylic acid groups (broad SMARTS) is 1. The predicted octanol–water partition coefficient (Wildman–Crippen LogP) is 2.33. The Balaban J connectivity index is 2.27. The average molecular weight is 248 g/mol. The molecule has 0 spiro atoms. The van der Waals surface area contributed by atoms with Gasteiger partial charge >= 0.3 is 5.97 Å². The molecule has 1 N–H and O–H groups in total. The van der Waals surface area contributed by atoms with Gasteiger partial charge < -0.3 is 10.0 Å². The standard InChI is InChI=1S/C14H20N2O2/c1-10(2)14(13(17)18)5-7-16(9-14)12-4-6-15-8-11(12)3/h4,6,8,10H,5,7,9H2,1-3H3,(H,17,18). The summed E-state index contributed by atoms with van der Waals surface area (Å²) in [5.41, 5.74) is 1.59. The highest BCUT2D eigenvalue weighted by Gasteiger charge is 2.47. The first-order valence-electron chi connectivity index (χ1n) is 6.36. The van der Waals surface area contributed by atoms with Crippen molar-refractivity contribution in [2.45, 2.75) is 27.2 Å². The first-order chi connectivity index (χ1) is 8.47. The summed E-state index contributed by atoms with van der Waals surface area (Å²) in [7, 11) is 0. The smallest absolute Gasteiger partial charge is 0.311 e. The molecule has 0 aromatic carbocycles. The Morgan fingerprint density at radius 1 is 1.56 bits per heavy atom. The van der Waals surface area contributed by atoms with Crippen molar-refractivity contribution in [1.29, 1.82) is 0 Å². The Bertz CT molecular complexity index is 459. The number of aromatic nitrogens is 1. The second kappa shape index (κ2) is 4.59. The van der Waals surface area contributed by atoms with Crippen LogP contribution in [0.3, 0.4) is 0 Å². The van der Waals surface area contributed by atoms with E-state index in [1.165, 1.54) is 0 Å². The minimum Gasteiger partial charge on any atom is -0.481 e. The lowest BCUT2D eigenvalue weighted by molar-refractivity contribution is -0.150. The van der Waals surface area contributed by atoms with E-state index in [4.69, 9.17) is 0 Å². The summed E-state index contributed by atoms with van der Waals surface area (Å²) in [5, 5.41) is 9.53. The highest BCUT2D eigenvalue weighted by atomic mass is 16.4. The van der Waals surface area contributed by atoms with E-state index in [0.29, 0.717) is 13.0 Å². The monoisotopic (exact) mass is 248 g/mol. The van der Waals surface area contributed by atoms with Gasteiger partial charge in [-0.1, -0.05) is 13.8 Å². The highest BCUT2D eigenvalue weighted by Crippen LogP contribution is 2.40. The summed E-state index contributed by atoms with van der Waals surface area (Å²) in [5.74, 6) is -0.533. The summed E-state index contributed by atoms with van der Waals surface area (Å²) in [6, 6.07) is 1.97. The van der Waals surface area contributed by atoms with Gasteiger partial charge in [0.2, 0.25) is 0 Å². The molecule has 2 rings (SSSR count). The maximum atomic E-state index is 11.6. The average Bonchev–Trinajstić information content (AvgIpc) is 2.75. The van der Waals surface area contributed by atoms with Crippen molar-refractivity contribution in [3.05, 3.63) is 24.0 Å². The van der Waals surface area contributed by atoms with Crippen LogP contribution in [0.1, 0.15) is 25.8 Å². The lowest BCUT2D eigenvalue weighted by Crippen LogP contribution is -2.39. The molecule has 18 heavy (non-hydrogen) atoms. The van der Waals surface area contributed by atoms with Crippen molar-refractivity contribution >= 4 is 11.7 Å². The molecule has 0 amide bonds. The van der Waals surface area contributed by atoms with Gasteiger partial charge in [-0.25, -0.2) is 0 Å². The van der Waals surface area contributed by atoms with E-state index in [2.05, 4.69) is 9.88 Å². The molecule has 0 aliphatic carbocycles. The second-order valence-corrected chi connectivity index (χ2v) is 5.45. The number of rotatable bonds is 3. The number of carboxylic acids is 1. The lowest BCUT2D eigenvalue weighted by atomic mass is 9.76. The minimum absolute atomic E-state index is 0.141. The molecule has 1 fully saturated rings. The first kappa shape index (κ1) is 12.9. The number of pyridine rings is 1. The molecular formula is C14H20N2O2. The van der Waals surface area contributed by atoms with E-state index in [1.807, 2.05) is 33.0 Å². The molecule has 1 atom stereocenters. The fraction of sp³-hybridized carbons (Fsp3) is 0.571. The number of hydrogen-bond acceptors (Lipinski definition) is 3. The van der Waals surface area contributed by atoms with Gasteiger partial charge in [-0.05, 0) is 30.9 Å². The Hall–Kier alpha value is -1.58. The van der Waals surface area contributed by atoms with Crippen LogP contribution < -0.4 is 4.90 Å². The van der Waals surface area contributed by atoms with Crippen molar-refractivity contribution < 1.29 is 9.90 Å². The van der Waals surface area contributed by atoms with Gasteiger partial charge in [0.25, 0.3) is 0 Å².